The molecule has 0 fully saturated rings. The molecule has 0 bridgehead atoms. The molecular weight excluding hydrogens is 340 g/mol. The minimum atomic E-state index is -0.827. The number of ketones is 2. The zero-order chi connectivity index (χ0) is 19.8. The third-order valence-corrected chi connectivity index (χ3v) is 6.13. The number of fused-ring (bicyclic) bond motifs is 1. The Balaban J connectivity index is 2.09. The second-order valence-electron chi connectivity index (χ2n) is 7.50. The Morgan fingerprint density at radius 3 is 2.48 bits per heavy atom. The highest BCUT2D eigenvalue weighted by Crippen LogP contribution is 2.55. The van der Waals surface area contributed by atoms with E-state index in [1.165, 1.54) is 0 Å². The second kappa shape index (κ2) is 7.28. The quantitative estimate of drug-likeness (QED) is 0.862. The first-order chi connectivity index (χ1) is 12.9. The first-order valence-corrected chi connectivity index (χ1v) is 9.28. The minimum absolute atomic E-state index is 0.0441. The molecule has 0 aromatic heterocycles. The van der Waals surface area contributed by atoms with Crippen LogP contribution in [0.5, 0.6) is 5.75 Å². The van der Waals surface area contributed by atoms with E-state index in [1.807, 2.05) is 37.3 Å². The van der Waals surface area contributed by atoms with E-state index in [2.05, 4.69) is 6.58 Å². The van der Waals surface area contributed by atoms with Gasteiger partial charge in [-0.25, -0.2) is 0 Å². The molecule has 142 valence electrons. The predicted molar refractivity (Wildman–Crippen MR) is 105 cm³/mol. The molecule has 2 aliphatic rings. The Hall–Kier alpha value is -2.46. The normalized spacial score (nSPS) is 27.9. The predicted octanol–water partition coefficient (Wildman–Crippen LogP) is 3.77. The van der Waals surface area contributed by atoms with Crippen molar-refractivity contribution in [2.75, 3.05) is 13.2 Å². The molecule has 0 heterocycles. The summed E-state index contributed by atoms with van der Waals surface area (Å²) in [6, 6.07) is 7.53. The first-order valence-electron chi connectivity index (χ1n) is 9.28. The number of rotatable bonds is 5. The maximum Gasteiger partial charge on any atom is 0.166 e. The molecule has 3 rings (SSSR count). The lowest BCUT2D eigenvalue weighted by atomic mass is 9.52. The number of hydrogen-bond donors (Lipinski definition) is 1. The molecule has 0 amide bonds. The Morgan fingerprint density at radius 1 is 1.22 bits per heavy atom. The summed E-state index contributed by atoms with van der Waals surface area (Å²) in [7, 11) is 0. The van der Waals surface area contributed by atoms with Gasteiger partial charge in [0, 0.05) is 11.8 Å². The van der Waals surface area contributed by atoms with Crippen LogP contribution in [-0.4, -0.2) is 29.9 Å². The number of ether oxygens (including phenoxy) is 1. The number of carbonyl (C=O) groups is 2. The molecule has 0 spiro atoms. The molecule has 4 nitrogen and oxygen atoms in total. The average molecular weight is 366 g/mol. The van der Waals surface area contributed by atoms with Gasteiger partial charge < -0.3 is 9.84 Å². The standard InChI is InChI=1S/C23H26O4/c1-5-16-8-11-19-21(25)14(2)15(3)22(26)23(19,4)20(16)17-6-9-18(10-7-17)27-13-12-24/h5-10,19-20,24H,1,11-13H2,2-4H3/t19-,20+,23+/m0/s1. The molecule has 2 aliphatic carbocycles. The largest absolute Gasteiger partial charge is 0.491 e. The van der Waals surface area contributed by atoms with E-state index >= 15 is 0 Å². The number of aliphatic hydroxyl groups excluding tert-OH is 1. The monoisotopic (exact) mass is 366 g/mol. The number of hydrogen-bond acceptors (Lipinski definition) is 4. The van der Waals surface area contributed by atoms with Crippen LogP contribution >= 0.6 is 0 Å². The molecule has 27 heavy (non-hydrogen) atoms. The summed E-state index contributed by atoms with van der Waals surface area (Å²) in [6.07, 6.45) is 4.39. The highest BCUT2D eigenvalue weighted by molar-refractivity contribution is 6.15. The fraction of sp³-hybridized carbons (Fsp3) is 0.391. The van der Waals surface area contributed by atoms with E-state index in [1.54, 1.807) is 19.9 Å². The Morgan fingerprint density at radius 2 is 1.89 bits per heavy atom. The van der Waals surface area contributed by atoms with Gasteiger partial charge in [-0.2, -0.15) is 0 Å². The van der Waals surface area contributed by atoms with Crippen LogP contribution in [0.15, 0.2) is 59.7 Å². The van der Waals surface area contributed by atoms with Gasteiger partial charge in [0.2, 0.25) is 0 Å². The van der Waals surface area contributed by atoms with Gasteiger partial charge in [-0.05, 0) is 54.7 Å². The zero-order valence-corrected chi connectivity index (χ0v) is 16.1. The molecule has 4 heteroatoms. The van der Waals surface area contributed by atoms with Crippen molar-refractivity contribution < 1.29 is 19.4 Å². The lowest BCUT2D eigenvalue weighted by molar-refractivity contribution is -0.138. The minimum Gasteiger partial charge on any atom is -0.491 e. The fourth-order valence-electron chi connectivity index (χ4n) is 4.51. The van der Waals surface area contributed by atoms with E-state index in [-0.39, 0.29) is 36.6 Å². The zero-order valence-electron chi connectivity index (χ0n) is 16.1. The van der Waals surface area contributed by atoms with Crippen molar-refractivity contribution in [1.82, 2.24) is 0 Å². The van der Waals surface area contributed by atoms with Crippen LogP contribution in [0.1, 0.15) is 38.7 Å². The van der Waals surface area contributed by atoms with Gasteiger partial charge in [0.05, 0.1) is 12.0 Å². The molecule has 0 unspecified atom stereocenters. The highest BCUT2D eigenvalue weighted by Gasteiger charge is 2.56. The van der Waals surface area contributed by atoms with Crippen molar-refractivity contribution in [3.8, 4) is 5.75 Å². The van der Waals surface area contributed by atoms with Crippen LogP contribution in [0.25, 0.3) is 0 Å². The van der Waals surface area contributed by atoms with Crippen molar-refractivity contribution in [2.24, 2.45) is 11.3 Å². The Labute approximate surface area is 160 Å². The summed E-state index contributed by atoms with van der Waals surface area (Å²) in [5, 5.41) is 8.90. The lowest BCUT2D eigenvalue weighted by Crippen LogP contribution is -2.50. The van der Waals surface area contributed by atoms with Gasteiger partial charge in [0.1, 0.15) is 12.4 Å². The number of carbonyl (C=O) groups excluding carboxylic acids is 2. The van der Waals surface area contributed by atoms with Crippen molar-refractivity contribution in [1.29, 1.82) is 0 Å². The Bertz CT molecular complexity index is 844. The van der Waals surface area contributed by atoms with Crippen LogP contribution in [0.3, 0.4) is 0 Å². The van der Waals surface area contributed by atoms with Crippen LogP contribution < -0.4 is 4.74 Å². The maximum absolute atomic E-state index is 13.4. The molecule has 0 aliphatic heterocycles. The number of aliphatic hydroxyl groups is 1. The molecule has 3 atom stereocenters. The fourth-order valence-corrected chi connectivity index (χ4v) is 4.51. The SMILES string of the molecule is C=CC1=CC[C@H]2C(=O)C(C)=C(C)C(=O)[C@@]2(C)[C@H]1c1ccc(OCCO)cc1. The number of benzene rings is 1. The van der Waals surface area contributed by atoms with Crippen molar-refractivity contribution in [2.45, 2.75) is 33.1 Å². The molecule has 0 radical (unpaired) electrons. The van der Waals surface area contributed by atoms with Gasteiger partial charge >= 0.3 is 0 Å². The van der Waals surface area contributed by atoms with Gasteiger partial charge in [0.15, 0.2) is 11.6 Å². The summed E-state index contributed by atoms with van der Waals surface area (Å²) in [4.78, 5) is 26.3. The highest BCUT2D eigenvalue weighted by atomic mass is 16.5. The molecule has 1 aromatic rings. The third kappa shape index (κ3) is 2.98. The van der Waals surface area contributed by atoms with Crippen molar-refractivity contribution in [3.63, 3.8) is 0 Å². The summed E-state index contributed by atoms with van der Waals surface area (Å²) < 4.78 is 5.44. The summed E-state index contributed by atoms with van der Waals surface area (Å²) in [6.45, 7) is 9.55. The summed E-state index contributed by atoms with van der Waals surface area (Å²) in [5.74, 6) is 0.185. The van der Waals surface area contributed by atoms with Crippen LogP contribution in [-0.2, 0) is 9.59 Å². The third-order valence-electron chi connectivity index (χ3n) is 6.13. The average Bonchev–Trinajstić information content (AvgIpc) is 2.69. The van der Waals surface area contributed by atoms with E-state index in [9.17, 15) is 9.59 Å². The maximum atomic E-state index is 13.4. The van der Waals surface area contributed by atoms with E-state index in [0.717, 1.165) is 11.1 Å². The van der Waals surface area contributed by atoms with Gasteiger partial charge in [-0.3, -0.25) is 9.59 Å². The van der Waals surface area contributed by atoms with Gasteiger partial charge in [-0.1, -0.05) is 37.8 Å². The van der Waals surface area contributed by atoms with Crippen LogP contribution in [0.4, 0.5) is 0 Å². The molecule has 0 saturated carbocycles. The molecule has 0 saturated heterocycles. The molecular formula is C23H26O4. The van der Waals surface area contributed by atoms with Crippen LogP contribution in [0.2, 0.25) is 0 Å². The summed E-state index contributed by atoms with van der Waals surface area (Å²) >= 11 is 0. The molecule has 1 N–H and O–H groups in total. The number of allylic oxidation sites excluding steroid dienone is 5. The van der Waals surface area contributed by atoms with Gasteiger partial charge in [-0.15, -0.1) is 0 Å². The van der Waals surface area contributed by atoms with E-state index in [4.69, 9.17) is 9.84 Å². The van der Waals surface area contributed by atoms with E-state index in [0.29, 0.717) is 23.3 Å². The lowest BCUT2D eigenvalue weighted by Gasteiger charge is -2.48. The topological polar surface area (TPSA) is 63.6 Å². The van der Waals surface area contributed by atoms with Gasteiger partial charge in [0.25, 0.3) is 0 Å². The van der Waals surface area contributed by atoms with E-state index < -0.39 is 5.41 Å². The first kappa shape index (κ1) is 19.3. The van der Waals surface area contributed by atoms with Crippen molar-refractivity contribution in [3.05, 3.63) is 65.3 Å². The molecule has 1 aromatic carbocycles. The van der Waals surface area contributed by atoms with Crippen molar-refractivity contribution >= 4 is 11.6 Å². The number of Topliss-reactive ketones (excluding diaryl/α,β-unsaturated/α-hetero) is 2. The van der Waals surface area contributed by atoms with Crippen LogP contribution in [0, 0.1) is 11.3 Å². The Kier molecular flexibility index (Phi) is 5.20. The summed E-state index contributed by atoms with van der Waals surface area (Å²) in [5.41, 5.74) is 2.26. The second-order valence-corrected chi connectivity index (χ2v) is 7.50. The smallest absolute Gasteiger partial charge is 0.166 e.